The Balaban J connectivity index is 1.82. The summed E-state index contributed by atoms with van der Waals surface area (Å²) in [5.41, 5.74) is 2.09. The molecule has 2 heterocycles. The van der Waals surface area contributed by atoms with Gasteiger partial charge in [-0.3, -0.25) is 0 Å². The normalized spacial score (nSPS) is 11.2. The molecule has 3 rings (SSSR count). The van der Waals surface area contributed by atoms with E-state index in [2.05, 4.69) is 64.6 Å². The molecule has 0 fully saturated rings. The summed E-state index contributed by atoms with van der Waals surface area (Å²) in [6.45, 7) is 12.3. The van der Waals surface area contributed by atoms with Gasteiger partial charge in [0.05, 0.1) is 24.4 Å². The Bertz CT molecular complexity index is 1080. The van der Waals surface area contributed by atoms with Gasteiger partial charge in [0.25, 0.3) is 5.95 Å². The van der Waals surface area contributed by atoms with Crippen molar-refractivity contribution < 1.29 is 18.6 Å². The maximum absolute atomic E-state index is 5.98. The summed E-state index contributed by atoms with van der Waals surface area (Å²) in [7, 11) is 3.05. The molecule has 7 nitrogen and oxygen atoms in total. The minimum atomic E-state index is -0.000435. The highest BCUT2D eigenvalue weighted by molar-refractivity contribution is 9.10. The number of rotatable bonds is 7. The van der Waals surface area contributed by atoms with Crippen LogP contribution < -0.4 is 19.5 Å². The van der Waals surface area contributed by atoms with E-state index in [-0.39, 0.29) is 5.41 Å². The molecule has 0 radical (unpaired) electrons. The molecule has 0 aliphatic heterocycles. The van der Waals surface area contributed by atoms with Crippen LogP contribution in [0.2, 0.25) is 0 Å². The molecule has 0 aliphatic rings. The summed E-state index contributed by atoms with van der Waals surface area (Å²) in [4.78, 5) is 8.54. The fourth-order valence-corrected chi connectivity index (χ4v) is 3.16. The highest BCUT2D eigenvalue weighted by Crippen LogP contribution is 2.37. The Hall–Kier alpha value is -3.00. The molecule has 0 bridgehead atoms. The van der Waals surface area contributed by atoms with Gasteiger partial charge in [-0.25, -0.2) is 0 Å². The second-order valence-corrected chi connectivity index (χ2v) is 8.74. The van der Waals surface area contributed by atoms with Crippen LogP contribution in [0.3, 0.4) is 0 Å². The van der Waals surface area contributed by atoms with Gasteiger partial charge in [0, 0.05) is 6.07 Å². The maximum atomic E-state index is 5.98. The molecule has 0 spiro atoms. The van der Waals surface area contributed by atoms with Crippen molar-refractivity contribution in [2.45, 2.75) is 33.1 Å². The monoisotopic (exact) mass is 487 g/mol. The maximum Gasteiger partial charge on any atom is 0.290 e. The average Bonchev–Trinajstić information content (AvgIpc) is 3.18. The molecule has 0 amide bonds. The highest BCUT2D eigenvalue weighted by Gasteiger charge is 2.19. The van der Waals surface area contributed by atoms with Crippen molar-refractivity contribution in [2.24, 2.45) is 0 Å². The number of aromatic nitrogens is 2. The standard InChI is InChI=1S/C23H26BrN3O4/c1-13(25-20-21(28-6)26-14(2)27-22(20)29-7)17-10-11-19(30-17)31-18-12-15(23(3,4)5)8-9-16(18)24/h8-12,25H,1H2,2-7H3. The van der Waals surface area contributed by atoms with E-state index in [1.54, 1.807) is 19.1 Å². The first-order valence-electron chi connectivity index (χ1n) is 9.63. The predicted molar refractivity (Wildman–Crippen MR) is 124 cm³/mol. The number of nitrogens with zero attached hydrogens (tertiary/aromatic N) is 2. The zero-order valence-electron chi connectivity index (χ0n) is 18.5. The number of ether oxygens (including phenoxy) is 3. The summed E-state index contributed by atoms with van der Waals surface area (Å²) in [5.74, 6) is 2.71. The van der Waals surface area contributed by atoms with E-state index in [4.69, 9.17) is 18.6 Å². The van der Waals surface area contributed by atoms with Crippen LogP contribution in [0.25, 0.3) is 5.70 Å². The lowest BCUT2D eigenvalue weighted by molar-refractivity contribution is 0.341. The first-order valence-corrected chi connectivity index (χ1v) is 10.4. The van der Waals surface area contributed by atoms with Crippen molar-refractivity contribution >= 4 is 27.3 Å². The summed E-state index contributed by atoms with van der Waals surface area (Å²) < 4.78 is 23.3. The van der Waals surface area contributed by atoms with Crippen LogP contribution in [0.4, 0.5) is 5.69 Å². The third-order valence-electron chi connectivity index (χ3n) is 4.50. The fourth-order valence-electron chi connectivity index (χ4n) is 2.83. The smallest absolute Gasteiger partial charge is 0.290 e. The van der Waals surface area contributed by atoms with Gasteiger partial charge in [0.1, 0.15) is 11.6 Å². The van der Waals surface area contributed by atoms with Gasteiger partial charge in [-0.2, -0.15) is 9.97 Å². The van der Waals surface area contributed by atoms with Crippen LogP contribution in [-0.4, -0.2) is 24.2 Å². The Kier molecular flexibility index (Phi) is 6.59. The van der Waals surface area contributed by atoms with Crippen molar-refractivity contribution in [2.75, 3.05) is 19.5 Å². The SMILES string of the molecule is C=C(Nc1c(OC)nc(C)nc1OC)c1ccc(Oc2cc(C(C)(C)C)ccc2Br)o1. The zero-order chi connectivity index (χ0) is 22.8. The number of anilines is 1. The largest absolute Gasteiger partial charge is 0.479 e. The van der Waals surface area contributed by atoms with Crippen LogP contribution in [-0.2, 0) is 5.41 Å². The van der Waals surface area contributed by atoms with E-state index >= 15 is 0 Å². The topological polar surface area (TPSA) is 78.6 Å². The van der Waals surface area contributed by atoms with Gasteiger partial charge in [-0.15, -0.1) is 0 Å². The number of hydrogen-bond donors (Lipinski definition) is 1. The quantitative estimate of drug-likeness (QED) is 0.416. The lowest BCUT2D eigenvalue weighted by atomic mass is 9.87. The predicted octanol–water partition coefficient (Wildman–Crippen LogP) is 6.33. The Morgan fingerprint density at radius 2 is 1.71 bits per heavy atom. The van der Waals surface area contributed by atoms with Crippen molar-refractivity contribution in [1.82, 2.24) is 9.97 Å². The zero-order valence-corrected chi connectivity index (χ0v) is 20.1. The number of benzene rings is 1. The van der Waals surface area contributed by atoms with Gasteiger partial charge in [-0.05, 0) is 52.0 Å². The van der Waals surface area contributed by atoms with E-state index in [9.17, 15) is 0 Å². The molecular weight excluding hydrogens is 462 g/mol. The van der Waals surface area contributed by atoms with Gasteiger partial charge in [0.2, 0.25) is 11.8 Å². The van der Waals surface area contributed by atoms with Crippen LogP contribution in [0.1, 0.15) is 37.9 Å². The second-order valence-electron chi connectivity index (χ2n) is 7.88. The Morgan fingerprint density at radius 1 is 1.06 bits per heavy atom. The molecule has 1 N–H and O–H groups in total. The van der Waals surface area contributed by atoms with Gasteiger partial charge < -0.3 is 23.9 Å². The molecule has 164 valence electrons. The Morgan fingerprint density at radius 3 is 2.29 bits per heavy atom. The molecule has 0 atom stereocenters. The van der Waals surface area contributed by atoms with E-state index in [1.807, 2.05) is 12.1 Å². The highest BCUT2D eigenvalue weighted by atomic mass is 79.9. The number of methoxy groups -OCH3 is 2. The minimum absolute atomic E-state index is 0.000435. The van der Waals surface area contributed by atoms with E-state index < -0.39 is 0 Å². The number of aryl methyl sites for hydroxylation is 1. The molecule has 1 aromatic carbocycles. The number of furan rings is 1. The van der Waals surface area contributed by atoms with Crippen molar-refractivity contribution in [1.29, 1.82) is 0 Å². The summed E-state index contributed by atoms with van der Waals surface area (Å²) in [5, 5.41) is 3.11. The molecule has 3 aromatic rings. The van der Waals surface area contributed by atoms with Crippen molar-refractivity contribution in [3.63, 3.8) is 0 Å². The molecule has 0 aliphatic carbocycles. The van der Waals surface area contributed by atoms with Crippen LogP contribution in [0.5, 0.6) is 23.5 Å². The molecule has 0 unspecified atom stereocenters. The molecule has 8 heteroatoms. The van der Waals surface area contributed by atoms with E-state index in [0.29, 0.717) is 46.4 Å². The number of halogens is 1. The van der Waals surface area contributed by atoms with Crippen LogP contribution >= 0.6 is 15.9 Å². The lowest BCUT2D eigenvalue weighted by Crippen LogP contribution is -2.10. The summed E-state index contributed by atoms with van der Waals surface area (Å²) >= 11 is 3.53. The lowest BCUT2D eigenvalue weighted by Gasteiger charge is -2.20. The molecule has 0 saturated carbocycles. The third-order valence-corrected chi connectivity index (χ3v) is 5.16. The minimum Gasteiger partial charge on any atom is -0.479 e. The van der Waals surface area contributed by atoms with Crippen LogP contribution in [0, 0.1) is 6.92 Å². The average molecular weight is 488 g/mol. The van der Waals surface area contributed by atoms with Gasteiger partial charge in [-0.1, -0.05) is 33.4 Å². The fraction of sp³-hybridized carbons (Fsp3) is 0.304. The molecular formula is C23H26BrN3O4. The second kappa shape index (κ2) is 9.01. The number of nitrogens with one attached hydrogen (secondary N) is 1. The molecule has 2 aromatic heterocycles. The molecule has 0 saturated heterocycles. The Labute approximate surface area is 190 Å². The number of hydrogen-bond acceptors (Lipinski definition) is 7. The first kappa shape index (κ1) is 22.7. The van der Waals surface area contributed by atoms with E-state index in [1.165, 1.54) is 14.2 Å². The third kappa shape index (κ3) is 5.19. The van der Waals surface area contributed by atoms with Crippen molar-refractivity contribution in [3.8, 4) is 23.5 Å². The van der Waals surface area contributed by atoms with E-state index in [0.717, 1.165) is 10.0 Å². The molecule has 31 heavy (non-hydrogen) atoms. The first-order chi connectivity index (χ1) is 14.6. The van der Waals surface area contributed by atoms with Gasteiger partial charge >= 0.3 is 0 Å². The van der Waals surface area contributed by atoms with Crippen molar-refractivity contribution in [3.05, 3.63) is 58.5 Å². The summed E-state index contributed by atoms with van der Waals surface area (Å²) in [6, 6.07) is 9.54. The summed E-state index contributed by atoms with van der Waals surface area (Å²) in [6.07, 6.45) is 0. The van der Waals surface area contributed by atoms with Gasteiger partial charge in [0.15, 0.2) is 11.4 Å². The van der Waals surface area contributed by atoms with Crippen LogP contribution in [0.15, 0.2) is 45.8 Å².